The van der Waals surface area contributed by atoms with Crippen LogP contribution in [-0.2, 0) is 23.0 Å². The predicted molar refractivity (Wildman–Crippen MR) is 108 cm³/mol. The molecular weight excluding hydrogens is 360 g/mol. The first kappa shape index (κ1) is 19.8. The average molecular weight is 389 g/mol. The van der Waals surface area contributed by atoms with Crippen molar-refractivity contribution in [2.24, 2.45) is 0 Å². The number of nitrogens with zero attached hydrogens (tertiary/aromatic N) is 4. The average Bonchev–Trinajstić information content (AvgIpc) is 2.69. The number of anilines is 1. The van der Waals surface area contributed by atoms with Crippen molar-refractivity contribution in [2.45, 2.75) is 24.8 Å². The molecule has 1 aliphatic rings. The van der Waals surface area contributed by atoms with Crippen molar-refractivity contribution in [1.29, 1.82) is 0 Å². The number of aromatic nitrogens is 1. The van der Waals surface area contributed by atoms with Crippen LogP contribution < -0.4 is 4.90 Å². The van der Waals surface area contributed by atoms with Gasteiger partial charge >= 0.3 is 0 Å². The fraction of sp³-hybridized carbons (Fsp3) is 0.450. The minimum absolute atomic E-state index is 0.261. The van der Waals surface area contributed by atoms with Gasteiger partial charge in [0.2, 0.25) is 10.0 Å². The molecule has 1 aromatic carbocycles. The van der Waals surface area contributed by atoms with Crippen molar-refractivity contribution in [3.05, 3.63) is 53.7 Å². The lowest BCUT2D eigenvalue weighted by molar-refractivity contribution is 0.222. The molecule has 6 nitrogen and oxygen atoms in total. The van der Waals surface area contributed by atoms with E-state index < -0.39 is 10.0 Å². The SMILES string of the molecule is CCc1ccc(CN(C)c2ccc(S(=O)(=O)N3CCN(C)CC3)cn2)cc1. The Balaban J connectivity index is 1.68. The quantitative estimate of drug-likeness (QED) is 0.759. The molecule has 3 rings (SSSR count). The summed E-state index contributed by atoms with van der Waals surface area (Å²) in [6, 6.07) is 12.0. The number of sulfonamides is 1. The lowest BCUT2D eigenvalue weighted by Crippen LogP contribution is -2.47. The molecule has 0 aliphatic carbocycles. The van der Waals surface area contributed by atoms with E-state index in [1.54, 1.807) is 16.4 Å². The number of hydrogen-bond acceptors (Lipinski definition) is 5. The molecule has 1 fully saturated rings. The number of likely N-dealkylation sites (N-methyl/N-ethyl adjacent to an activating group) is 1. The smallest absolute Gasteiger partial charge is 0.244 e. The molecule has 1 saturated heterocycles. The first-order valence-electron chi connectivity index (χ1n) is 9.34. The summed E-state index contributed by atoms with van der Waals surface area (Å²) in [6.07, 6.45) is 2.50. The second-order valence-corrected chi connectivity index (χ2v) is 9.02. The van der Waals surface area contributed by atoms with Crippen molar-refractivity contribution < 1.29 is 8.42 Å². The number of aryl methyl sites for hydroxylation is 1. The fourth-order valence-electron chi connectivity index (χ4n) is 3.16. The van der Waals surface area contributed by atoms with Gasteiger partial charge in [-0.15, -0.1) is 0 Å². The molecular formula is C20H28N4O2S. The first-order chi connectivity index (χ1) is 12.9. The van der Waals surface area contributed by atoms with Gasteiger partial charge in [0.1, 0.15) is 10.7 Å². The summed E-state index contributed by atoms with van der Waals surface area (Å²) in [7, 11) is 0.500. The van der Waals surface area contributed by atoms with Gasteiger partial charge < -0.3 is 9.80 Å². The molecule has 2 heterocycles. The monoisotopic (exact) mass is 388 g/mol. The Labute approximate surface area is 162 Å². The highest BCUT2D eigenvalue weighted by Crippen LogP contribution is 2.20. The highest BCUT2D eigenvalue weighted by atomic mass is 32.2. The van der Waals surface area contributed by atoms with Crippen molar-refractivity contribution >= 4 is 15.8 Å². The molecule has 0 radical (unpaired) electrons. The molecule has 0 atom stereocenters. The number of pyridine rings is 1. The predicted octanol–water partition coefficient (Wildman–Crippen LogP) is 2.22. The van der Waals surface area contributed by atoms with E-state index in [-0.39, 0.29) is 4.90 Å². The van der Waals surface area contributed by atoms with Gasteiger partial charge in [-0.1, -0.05) is 31.2 Å². The minimum Gasteiger partial charge on any atom is -0.355 e. The van der Waals surface area contributed by atoms with Gasteiger partial charge in [0.05, 0.1) is 0 Å². The summed E-state index contributed by atoms with van der Waals surface area (Å²) < 4.78 is 27.1. The molecule has 0 N–H and O–H groups in total. The summed E-state index contributed by atoms with van der Waals surface area (Å²) in [5, 5.41) is 0. The maximum Gasteiger partial charge on any atom is 0.244 e. The Morgan fingerprint density at radius 2 is 1.63 bits per heavy atom. The number of hydrogen-bond donors (Lipinski definition) is 0. The van der Waals surface area contributed by atoms with Crippen LogP contribution in [0.25, 0.3) is 0 Å². The third-order valence-electron chi connectivity index (χ3n) is 5.06. The number of benzene rings is 1. The molecule has 27 heavy (non-hydrogen) atoms. The van der Waals surface area contributed by atoms with Crippen LogP contribution in [0, 0.1) is 0 Å². The summed E-state index contributed by atoms with van der Waals surface area (Å²) in [4.78, 5) is 8.81. The van der Waals surface area contributed by atoms with E-state index >= 15 is 0 Å². The fourth-order valence-corrected chi connectivity index (χ4v) is 4.53. The normalized spacial score (nSPS) is 16.4. The van der Waals surface area contributed by atoms with Crippen LogP contribution in [0.5, 0.6) is 0 Å². The number of rotatable bonds is 6. The second kappa shape index (κ2) is 8.37. The lowest BCUT2D eigenvalue weighted by atomic mass is 10.1. The largest absolute Gasteiger partial charge is 0.355 e. The highest BCUT2D eigenvalue weighted by Gasteiger charge is 2.27. The van der Waals surface area contributed by atoms with Crippen LogP contribution >= 0.6 is 0 Å². The molecule has 0 amide bonds. The third-order valence-corrected chi connectivity index (χ3v) is 6.95. The van der Waals surface area contributed by atoms with Crippen LogP contribution in [0.15, 0.2) is 47.5 Å². The zero-order valence-electron chi connectivity index (χ0n) is 16.3. The van der Waals surface area contributed by atoms with Gasteiger partial charge in [-0.3, -0.25) is 0 Å². The molecule has 7 heteroatoms. The van der Waals surface area contributed by atoms with Crippen LogP contribution in [0.3, 0.4) is 0 Å². The lowest BCUT2D eigenvalue weighted by Gasteiger charge is -2.31. The maximum atomic E-state index is 12.8. The Kier molecular flexibility index (Phi) is 6.14. The van der Waals surface area contributed by atoms with Gasteiger partial charge in [-0.05, 0) is 36.7 Å². The molecule has 2 aromatic rings. The van der Waals surface area contributed by atoms with Crippen molar-refractivity contribution in [1.82, 2.24) is 14.2 Å². The molecule has 0 bridgehead atoms. The molecule has 0 unspecified atom stereocenters. The van der Waals surface area contributed by atoms with E-state index in [1.165, 1.54) is 17.3 Å². The van der Waals surface area contributed by atoms with E-state index in [4.69, 9.17) is 0 Å². The van der Waals surface area contributed by atoms with Crippen LogP contribution in [-0.4, -0.2) is 62.9 Å². The Morgan fingerprint density at radius 1 is 1.00 bits per heavy atom. The molecule has 1 aromatic heterocycles. The van der Waals surface area contributed by atoms with Crippen molar-refractivity contribution in [2.75, 3.05) is 45.2 Å². The summed E-state index contributed by atoms with van der Waals surface area (Å²) in [5.74, 6) is 0.756. The van der Waals surface area contributed by atoms with Gasteiger partial charge in [-0.25, -0.2) is 13.4 Å². The summed E-state index contributed by atoms with van der Waals surface area (Å²) >= 11 is 0. The van der Waals surface area contributed by atoms with E-state index in [0.717, 1.165) is 31.9 Å². The topological polar surface area (TPSA) is 56.8 Å². The maximum absolute atomic E-state index is 12.8. The number of piperazine rings is 1. The van der Waals surface area contributed by atoms with Gasteiger partial charge in [0.15, 0.2) is 0 Å². The standard InChI is InChI=1S/C20H28N4O2S/c1-4-17-5-7-18(8-6-17)16-23(3)20-10-9-19(15-21-20)27(25,26)24-13-11-22(2)12-14-24/h5-10,15H,4,11-14,16H2,1-3H3. The van der Waals surface area contributed by atoms with Crippen LogP contribution in [0.4, 0.5) is 5.82 Å². The summed E-state index contributed by atoms with van der Waals surface area (Å²) in [6.45, 7) is 5.42. The Bertz CT molecular complexity index is 843. The third kappa shape index (κ3) is 4.66. The molecule has 0 saturated carbocycles. The molecule has 146 valence electrons. The Morgan fingerprint density at radius 3 is 2.19 bits per heavy atom. The summed E-state index contributed by atoms with van der Waals surface area (Å²) in [5.41, 5.74) is 2.52. The Hall–Kier alpha value is -1.96. The van der Waals surface area contributed by atoms with Crippen molar-refractivity contribution in [3.63, 3.8) is 0 Å². The molecule has 1 aliphatic heterocycles. The van der Waals surface area contributed by atoms with E-state index in [1.807, 2.05) is 19.0 Å². The van der Waals surface area contributed by atoms with Crippen LogP contribution in [0.1, 0.15) is 18.1 Å². The second-order valence-electron chi connectivity index (χ2n) is 7.09. The van der Waals surface area contributed by atoms with E-state index in [0.29, 0.717) is 13.1 Å². The van der Waals surface area contributed by atoms with Gasteiger partial charge in [-0.2, -0.15) is 4.31 Å². The van der Waals surface area contributed by atoms with Crippen molar-refractivity contribution in [3.8, 4) is 0 Å². The van der Waals surface area contributed by atoms with Gasteiger partial charge in [0, 0.05) is 46.0 Å². The zero-order chi connectivity index (χ0) is 19.4. The highest BCUT2D eigenvalue weighted by molar-refractivity contribution is 7.89. The van der Waals surface area contributed by atoms with E-state index in [2.05, 4.69) is 41.1 Å². The minimum atomic E-state index is -3.47. The van der Waals surface area contributed by atoms with Gasteiger partial charge in [0.25, 0.3) is 0 Å². The zero-order valence-corrected chi connectivity index (χ0v) is 17.1. The van der Waals surface area contributed by atoms with Crippen LogP contribution in [0.2, 0.25) is 0 Å². The molecule has 0 spiro atoms. The first-order valence-corrected chi connectivity index (χ1v) is 10.8. The van der Waals surface area contributed by atoms with E-state index in [9.17, 15) is 8.42 Å².